The van der Waals surface area contributed by atoms with E-state index < -0.39 is 30.1 Å². The smallest absolute Gasteiger partial charge is 0.407 e. The molecule has 2 aromatic rings. The molecule has 2 aromatic carbocycles. The van der Waals surface area contributed by atoms with Gasteiger partial charge < -0.3 is 20.1 Å². The predicted molar refractivity (Wildman–Crippen MR) is 122 cm³/mol. The topological polar surface area (TPSA) is 95.9 Å². The lowest BCUT2D eigenvalue weighted by atomic mass is 9.98. The minimum Gasteiger partial charge on any atom is -0.480 e. The van der Waals surface area contributed by atoms with E-state index in [1.165, 1.54) is 11.8 Å². The number of carbonyl (C=O) groups is 3. The number of alkyl carbamates (subject to hydrolysis) is 1. The zero-order valence-corrected chi connectivity index (χ0v) is 18.4. The highest BCUT2D eigenvalue weighted by molar-refractivity contribution is 5.90. The van der Waals surface area contributed by atoms with E-state index in [-0.39, 0.29) is 25.0 Å². The zero-order chi connectivity index (χ0) is 23.5. The van der Waals surface area contributed by atoms with Gasteiger partial charge in [-0.25, -0.2) is 9.59 Å². The summed E-state index contributed by atoms with van der Waals surface area (Å²) in [5.41, 5.74) is 4.39. The fraction of sp³-hybridized carbons (Fsp3) is 0.346. The number of hydrogen-bond donors (Lipinski definition) is 2. The molecule has 0 aliphatic heterocycles. The van der Waals surface area contributed by atoms with Crippen LogP contribution in [0.2, 0.25) is 0 Å². The molecule has 2 atom stereocenters. The molecule has 33 heavy (non-hydrogen) atoms. The monoisotopic (exact) mass is 446 g/mol. The maximum atomic E-state index is 13.1. The van der Waals surface area contributed by atoms with E-state index in [9.17, 15) is 19.5 Å². The van der Waals surface area contributed by atoms with Crippen molar-refractivity contribution in [3.8, 4) is 23.5 Å². The van der Waals surface area contributed by atoms with E-state index in [0.717, 1.165) is 35.1 Å². The number of rotatable bonds is 8. The van der Waals surface area contributed by atoms with Gasteiger partial charge in [0.2, 0.25) is 5.91 Å². The summed E-state index contributed by atoms with van der Waals surface area (Å²) in [6, 6.07) is 13.8. The molecule has 0 saturated heterocycles. The van der Waals surface area contributed by atoms with E-state index >= 15 is 0 Å². The molecule has 2 aliphatic carbocycles. The van der Waals surface area contributed by atoms with Gasteiger partial charge in [-0.3, -0.25) is 4.79 Å². The van der Waals surface area contributed by atoms with Gasteiger partial charge in [0, 0.05) is 18.4 Å². The first-order valence-electron chi connectivity index (χ1n) is 11.0. The number of carboxylic acid groups (broad SMARTS) is 1. The summed E-state index contributed by atoms with van der Waals surface area (Å²) in [4.78, 5) is 38.5. The quantitative estimate of drug-likeness (QED) is 0.606. The number of hydrogen-bond acceptors (Lipinski definition) is 4. The predicted octanol–water partition coefficient (Wildman–Crippen LogP) is 3.38. The maximum absolute atomic E-state index is 13.1. The van der Waals surface area contributed by atoms with Crippen LogP contribution < -0.4 is 5.32 Å². The molecule has 0 radical (unpaired) electrons. The second-order valence-corrected chi connectivity index (χ2v) is 8.42. The first-order valence-corrected chi connectivity index (χ1v) is 11.0. The molecule has 4 rings (SSSR count). The Kier molecular flexibility index (Phi) is 6.36. The Hall–Kier alpha value is -3.79. The first-order chi connectivity index (χ1) is 15.9. The van der Waals surface area contributed by atoms with Crippen molar-refractivity contribution < 1.29 is 24.2 Å². The number of carbonyl (C=O) groups excluding carboxylic acids is 2. The average molecular weight is 447 g/mol. The van der Waals surface area contributed by atoms with Crippen LogP contribution in [0.4, 0.5) is 4.79 Å². The molecule has 2 N–H and O–H groups in total. The van der Waals surface area contributed by atoms with Crippen molar-refractivity contribution in [2.75, 3.05) is 6.61 Å². The molecule has 2 aliphatic rings. The second kappa shape index (κ2) is 9.37. The summed E-state index contributed by atoms with van der Waals surface area (Å²) >= 11 is 0. The molecule has 0 bridgehead atoms. The Bertz CT molecular complexity index is 1070. The van der Waals surface area contributed by atoms with Gasteiger partial charge >= 0.3 is 12.1 Å². The summed E-state index contributed by atoms with van der Waals surface area (Å²) in [5.74, 6) is 0.681. The number of terminal acetylenes is 1. The van der Waals surface area contributed by atoms with Crippen molar-refractivity contribution in [3.63, 3.8) is 0 Å². The van der Waals surface area contributed by atoms with Gasteiger partial charge in [0.25, 0.3) is 0 Å². The van der Waals surface area contributed by atoms with Crippen molar-refractivity contribution in [2.24, 2.45) is 0 Å². The average Bonchev–Trinajstić information content (AvgIpc) is 3.59. The summed E-state index contributed by atoms with van der Waals surface area (Å²) < 4.78 is 5.52. The molecule has 170 valence electrons. The van der Waals surface area contributed by atoms with Gasteiger partial charge in [-0.05, 0) is 42.0 Å². The van der Waals surface area contributed by atoms with Gasteiger partial charge in [-0.15, -0.1) is 12.3 Å². The maximum Gasteiger partial charge on any atom is 0.407 e. The number of ether oxygens (including phenoxy) is 1. The Labute approximate surface area is 192 Å². The minimum atomic E-state index is -1.10. The normalized spacial score (nSPS) is 16.0. The molecule has 7 heteroatoms. The molecule has 0 heterocycles. The number of benzene rings is 2. The van der Waals surface area contributed by atoms with E-state index in [4.69, 9.17) is 11.2 Å². The third kappa shape index (κ3) is 4.56. The van der Waals surface area contributed by atoms with Gasteiger partial charge in [0.05, 0.1) is 0 Å². The fourth-order valence-electron chi connectivity index (χ4n) is 4.44. The van der Waals surface area contributed by atoms with Gasteiger partial charge in [0.15, 0.2) is 0 Å². The van der Waals surface area contributed by atoms with E-state index in [0.29, 0.717) is 0 Å². The van der Waals surface area contributed by atoms with Crippen molar-refractivity contribution in [1.29, 1.82) is 0 Å². The van der Waals surface area contributed by atoms with Gasteiger partial charge in [0.1, 0.15) is 18.7 Å². The number of aliphatic carboxylic acids is 1. The van der Waals surface area contributed by atoms with Crippen LogP contribution in [0.1, 0.15) is 43.2 Å². The highest BCUT2D eigenvalue weighted by Gasteiger charge is 2.41. The summed E-state index contributed by atoms with van der Waals surface area (Å²) in [6.07, 6.45) is 6.07. The van der Waals surface area contributed by atoms with Crippen LogP contribution in [-0.4, -0.2) is 52.7 Å². The largest absolute Gasteiger partial charge is 0.480 e. The highest BCUT2D eigenvalue weighted by Crippen LogP contribution is 2.44. The molecule has 2 amide bonds. The standard InChI is InChI=1S/C26H26N2O5/c1-3-8-23(24(29)28(17-13-14-17)16(2)25(30)31)27-26(32)33-15-22-20-11-6-4-9-18(20)19-10-5-7-12-21(19)22/h1,4-7,9-12,16-17,22-23H,8,13-15H2,2H3,(H,27,32)(H,30,31). The SMILES string of the molecule is C#CCC(NC(=O)OCC1c2ccccc2-c2ccccc21)C(=O)N(C1CC1)C(C)C(=O)O. The number of nitrogens with zero attached hydrogens (tertiary/aromatic N) is 1. The number of amides is 2. The Morgan fingerprint density at radius 3 is 2.21 bits per heavy atom. The van der Waals surface area contributed by atoms with Crippen molar-refractivity contribution in [1.82, 2.24) is 10.2 Å². The van der Waals surface area contributed by atoms with Crippen LogP contribution in [0, 0.1) is 12.3 Å². The molecule has 7 nitrogen and oxygen atoms in total. The van der Waals surface area contributed by atoms with Crippen molar-refractivity contribution >= 4 is 18.0 Å². The number of fused-ring (bicyclic) bond motifs is 3. The molecular formula is C26H26N2O5. The first kappa shape index (κ1) is 22.4. The lowest BCUT2D eigenvalue weighted by Gasteiger charge is -2.30. The van der Waals surface area contributed by atoms with E-state index in [1.807, 2.05) is 48.5 Å². The van der Waals surface area contributed by atoms with Crippen LogP contribution in [0.25, 0.3) is 11.1 Å². The molecule has 1 fully saturated rings. The lowest BCUT2D eigenvalue weighted by Crippen LogP contribution is -2.54. The molecule has 0 spiro atoms. The molecule has 0 aromatic heterocycles. The van der Waals surface area contributed by atoms with Gasteiger partial charge in [-0.2, -0.15) is 0 Å². The van der Waals surface area contributed by atoms with Crippen LogP contribution in [0.5, 0.6) is 0 Å². The lowest BCUT2D eigenvalue weighted by molar-refractivity contribution is -0.150. The van der Waals surface area contributed by atoms with E-state index in [2.05, 4.69) is 11.2 Å². The zero-order valence-electron chi connectivity index (χ0n) is 18.4. The van der Waals surface area contributed by atoms with Crippen LogP contribution in [0.15, 0.2) is 48.5 Å². The van der Waals surface area contributed by atoms with Crippen molar-refractivity contribution in [2.45, 2.75) is 50.2 Å². The molecular weight excluding hydrogens is 420 g/mol. The number of nitrogens with one attached hydrogen (secondary N) is 1. The Morgan fingerprint density at radius 2 is 1.70 bits per heavy atom. The van der Waals surface area contributed by atoms with Crippen molar-refractivity contribution in [3.05, 3.63) is 59.7 Å². The molecule has 2 unspecified atom stereocenters. The second-order valence-electron chi connectivity index (χ2n) is 8.42. The number of carboxylic acids is 1. The molecule has 1 saturated carbocycles. The summed E-state index contributed by atoms with van der Waals surface area (Å²) in [5, 5.41) is 11.9. The summed E-state index contributed by atoms with van der Waals surface area (Å²) in [7, 11) is 0. The third-order valence-electron chi connectivity index (χ3n) is 6.23. The summed E-state index contributed by atoms with van der Waals surface area (Å²) in [6.45, 7) is 1.56. The Morgan fingerprint density at radius 1 is 1.12 bits per heavy atom. The van der Waals surface area contributed by atoms with Gasteiger partial charge in [-0.1, -0.05) is 48.5 Å². The van der Waals surface area contributed by atoms with E-state index in [1.54, 1.807) is 0 Å². The Balaban J connectivity index is 1.44. The minimum absolute atomic E-state index is 0.0570. The fourth-order valence-corrected chi connectivity index (χ4v) is 4.44. The highest BCUT2D eigenvalue weighted by atomic mass is 16.5. The third-order valence-corrected chi connectivity index (χ3v) is 6.23. The van der Waals surface area contributed by atoms with Crippen LogP contribution in [-0.2, 0) is 14.3 Å². The van der Waals surface area contributed by atoms with Crippen LogP contribution in [0.3, 0.4) is 0 Å². The van der Waals surface area contributed by atoms with Crippen LogP contribution >= 0.6 is 0 Å².